The van der Waals surface area contributed by atoms with Gasteiger partial charge in [-0.25, -0.2) is 0 Å². The van der Waals surface area contributed by atoms with Crippen LogP contribution < -0.4 is 0 Å². The number of β-amino-alcohol motifs (C(OH)–C–C–N with tert-alkyl or cyclic N) is 1. The minimum absolute atomic E-state index is 0.125. The molecule has 0 aromatic carbocycles. The Kier molecular flexibility index (Phi) is 4.00. The summed E-state index contributed by atoms with van der Waals surface area (Å²) in [7, 11) is 0. The van der Waals surface area contributed by atoms with Crippen LogP contribution in [0.3, 0.4) is 0 Å². The Morgan fingerprint density at radius 2 is 2.13 bits per heavy atom. The van der Waals surface area contributed by atoms with Gasteiger partial charge in [-0.3, -0.25) is 9.80 Å². The summed E-state index contributed by atoms with van der Waals surface area (Å²) >= 11 is 0. The maximum Gasteiger partial charge on any atom is 0.0664 e. The Morgan fingerprint density at radius 1 is 1.27 bits per heavy atom. The highest BCUT2D eigenvalue weighted by molar-refractivity contribution is 4.85. The minimum atomic E-state index is -0.125. The number of aliphatic hydroxyl groups excluding tert-OH is 1. The van der Waals surface area contributed by atoms with Gasteiger partial charge >= 0.3 is 0 Å². The van der Waals surface area contributed by atoms with Gasteiger partial charge in [0.05, 0.1) is 6.10 Å². The molecule has 88 valence electrons. The van der Waals surface area contributed by atoms with Gasteiger partial charge in [-0.05, 0) is 25.8 Å². The Balaban J connectivity index is 1.80. The second-order valence-electron chi connectivity index (χ2n) is 5.01. The molecule has 0 saturated carbocycles. The highest BCUT2D eigenvalue weighted by Crippen LogP contribution is 2.21. The first-order valence-corrected chi connectivity index (χ1v) is 6.44. The largest absolute Gasteiger partial charge is 0.392 e. The van der Waals surface area contributed by atoms with E-state index in [4.69, 9.17) is 0 Å². The summed E-state index contributed by atoms with van der Waals surface area (Å²) in [6.45, 7) is 7.77. The van der Waals surface area contributed by atoms with Crippen molar-refractivity contribution in [2.75, 3.05) is 32.7 Å². The average molecular weight is 212 g/mol. The van der Waals surface area contributed by atoms with Gasteiger partial charge in [-0.15, -0.1) is 0 Å². The Bertz CT molecular complexity index is 198. The Morgan fingerprint density at radius 3 is 2.93 bits per heavy atom. The van der Waals surface area contributed by atoms with Crippen molar-refractivity contribution in [1.82, 2.24) is 9.80 Å². The smallest absolute Gasteiger partial charge is 0.0664 e. The van der Waals surface area contributed by atoms with Crippen LogP contribution in [0.4, 0.5) is 0 Å². The lowest BCUT2D eigenvalue weighted by molar-refractivity contribution is 0.0231. The number of fused-ring (bicyclic) bond motifs is 1. The van der Waals surface area contributed by atoms with Crippen LogP contribution in [0.25, 0.3) is 0 Å². The summed E-state index contributed by atoms with van der Waals surface area (Å²) < 4.78 is 0. The summed E-state index contributed by atoms with van der Waals surface area (Å²) in [4.78, 5) is 5.08. The van der Waals surface area contributed by atoms with E-state index in [0.717, 1.165) is 25.6 Å². The molecule has 2 aliphatic heterocycles. The van der Waals surface area contributed by atoms with E-state index in [-0.39, 0.29) is 6.10 Å². The zero-order chi connectivity index (χ0) is 10.7. The fraction of sp³-hybridized carbons (Fsp3) is 1.00. The van der Waals surface area contributed by atoms with Gasteiger partial charge in [0.15, 0.2) is 0 Å². The number of rotatable bonds is 3. The first-order chi connectivity index (χ1) is 7.29. The highest BCUT2D eigenvalue weighted by atomic mass is 16.3. The number of nitrogens with zero attached hydrogens (tertiary/aromatic N) is 2. The van der Waals surface area contributed by atoms with Gasteiger partial charge in [-0.2, -0.15) is 0 Å². The topological polar surface area (TPSA) is 26.7 Å². The zero-order valence-corrected chi connectivity index (χ0v) is 9.86. The van der Waals surface area contributed by atoms with Gasteiger partial charge in [0, 0.05) is 32.2 Å². The molecule has 2 saturated heterocycles. The molecule has 0 amide bonds. The van der Waals surface area contributed by atoms with E-state index in [0.29, 0.717) is 0 Å². The fourth-order valence-electron chi connectivity index (χ4n) is 2.81. The zero-order valence-electron chi connectivity index (χ0n) is 9.86. The maximum absolute atomic E-state index is 9.65. The van der Waals surface area contributed by atoms with Crippen molar-refractivity contribution in [3.63, 3.8) is 0 Å². The normalized spacial score (nSPS) is 31.2. The lowest BCUT2D eigenvalue weighted by atomic mass is 9.99. The molecule has 2 aliphatic rings. The molecule has 15 heavy (non-hydrogen) atoms. The SMILES string of the molecule is CCC(O)CN1CCN2CCCCC2C1. The maximum atomic E-state index is 9.65. The monoisotopic (exact) mass is 212 g/mol. The third-order valence-corrected chi connectivity index (χ3v) is 3.86. The van der Waals surface area contributed by atoms with Crippen molar-refractivity contribution in [3.8, 4) is 0 Å². The summed E-state index contributed by atoms with van der Waals surface area (Å²) in [6.07, 6.45) is 4.89. The van der Waals surface area contributed by atoms with Gasteiger partial charge < -0.3 is 5.11 Å². The predicted octanol–water partition coefficient (Wildman–Crippen LogP) is 0.927. The van der Waals surface area contributed by atoms with Crippen LogP contribution in [-0.4, -0.2) is 59.8 Å². The van der Waals surface area contributed by atoms with Crippen molar-refractivity contribution in [1.29, 1.82) is 0 Å². The molecule has 3 heteroatoms. The van der Waals surface area contributed by atoms with Crippen LogP contribution in [0, 0.1) is 0 Å². The molecule has 3 nitrogen and oxygen atoms in total. The van der Waals surface area contributed by atoms with Crippen molar-refractivity contribution < 1.29 is 5.11 Å². The molecule has 1 N–H and O–H groups in total. The summed E-state index contributed by atoms with van der Waals surface area (Å²) in [5, 5.41) is 9.65. The van der Waals surface area contributed by atoms with E-state index in [9.17, 15) is 5.11 Å². The van der Waals surface area contributed by atoms with Crippen LogP contribution in [-0.2, 0) is 0 Å². The predicted molar refractivity (Wildman–Crippen MR) is 61.9 cm³/mol. The number of piperazine rings is 1. The summed E-state index contributed by atoms with van der Waals surface area (Å²) in [5.41, 5.74) is 0. The van der Waals surface area contributed by atoms with Gasteiger partial charge in [-0.1, -0.05) is 13.3 Å². The van der Waals surface area contributed by atoms with Gasteiger partial charge in [0.2, 0.25) is 0 Å². The molecular weight excluding hydrogens is 188 g/mol. The summed E-state index contributed by atoms with van der Waals surface area (Å²) in [5.74, 6) is 0. The van der Waals surface area contributed by atoms with Gasteiger partial charge in [0.1, 0.15) is 0 Å². The molecule has 2 fully saturated rings. The van der Waals surface area contributed by atoms with E-state index in [1.807, 2.05) is 0 Å². The molecular formula is C12H24N2O. The second-order valence-corrected chi connectivity index (χ2v) is 5.01. The fourth-order valence-corrected chi connectivity index (χ4v) is 2.81. The molecule has 2 unspecified atom stereocenters. The summed E-state index contributed by atoms with van der Waals surface area (Å²) in [6, 6.07) is 0.775. The molecule has 0 radical (unpaired) electrons. The molecule has 2 rings (SSSR count). The molecule has 2 atom stereocenters. The van der Waals surface area contributed by atoms with E-state index >= 15 is 0 Å². The quantitative estimate of drug-likeness (QED) is 0.754. The van der Waals surface area contributed by atoms with Crippen molar-refractivity contribution >= 4 is 0 Å². The van der Waals surface area contributed by atoms with Crippen LogP contribution in [0.5, 0.6) is 0 Å². The number of piperidine rings is 1. The average Bonchev–Trinajstić information content (AvgIpc) is 2.29. The van der Waals surface area contributed by atoms with Crippen molar-refractivity contribution in [2.45, 2.75) is 44.8 Å². The molecule has 0 aromatic heterocycles. The van der Waals surface area contributed by atoms with E-state index in [1.165, 1.54) is 38.9 Å². The van der Waals surface area contributed by atoms with Crippen LogP contribution in [0.15, 0.2) is 0 Å². The van der Waals surface area contributed by atoms with Crippen LogP contribution in [0.1, 0.15) is 32.6 Å². The molecule has 2 heterocycles. The Hall–Kier alpha value is -0.120. The first-order valence-electron chi connectivity index (χ1n) is 6.44. The van der Waals surface area contributed by atoms with Crippen molar-refractivity contribution in [2.24, 2.45) is 0 Å². The van der Waals surface area contributed by atoms with E-state index in [2.05, 4.69) is 16.7 Å². The third kappa shape index (κ3) is 2.92. The lowest BCUT2D eigenvalue weighted by Gasteiger charge is -2.44. The third-order valence-electron chi connectivity index (χ3n) is 3.86. The Labute approximate surface area is 93.1 Å². The molecule has 0 aliphatic carbocycles. The minimum Gasteiger partial charge on any atom is -0.392 e. The van der Waals surface area contributed by atoms with Crippen LogP contribution in [0.2, 0.25) is 0 Å². The van der Waals surface area contributed by atoms with E-state index in [1.54, 1.807) is 0 Å². The molecule has 0 spiro atoms. The number of hydrogen-bond acceptors (Lipinski definition) is 3. The molecule has 0 bridgehead atoms. The first kappa shape index (κ1) is 11.4. The number of hydrogen-bond donors (Lipinski definition) is 1. The van der Waals surface area contributed by atoms with E-state index < -0.39 is 0 Å². The molecule has 0 aromatic rings. The van der Waals surface area contributed by atoms with Crippen LogP contribution >= 0.6 is 0 Å². The highest BCUT2D eigenvalue weighted by Gasteiger charge is 2.29. The second kappa shape index (κ2) is 5.28. The van der Waals surface area contributed by atoms with Crippen molar-refractivity contribution in [3.05, 3.63) is 0 Å². The lowest BCUT2D eigenvalue weighted by Crippen LogP contribution is -2.55. The standard InChI is InChI=1S/C12H24N2O/c1-2-12(15)10-13-7-8-14-6-4-3-5-11(14)9-13/h11-12,15H,2-10H2,1H3. The van der Waals surface area contributed by atoms with Gasteiger partial charge in [0.25, 0.3) is 0 Å². The number of aliphatic hydroxyl groups is 1.